The Bertz CT molecular complexity index is 597. The van der Waals surface area contributed by atoms with Crippen LogP contribution >= 0.6 is 11.3 Å². The number of rotatable bonds is 3. The monoisotopic (exact) mass is 209 g/mol. The highest BCUT2D eigenvalue weighted by atomic mass is 32.1. The topological polar surface area (TPSA) is 38.9 Å². The van der Waals surface area contributed by atoms with E-state index in [1.165, 1.54) is 11.3 Å². The fourth-order valence-corrected chi connectivity index (χ4v) is 1.85. The summed E-state index contributed by atoms with van der Waals surface area (Å²) in [5.74, 6) is 0. The third-order valence-corrected chi connectivity index (χ3v) is 2.57. The molecule has 0 spiro atoms. The van der Waals surface area contributed by atoms with Gasteiger partial charge in [-0.1, -0.05) is 30.2 Å². The first kappa shape index (κ1) is 5.05. The second-order valence-electron chi connectivity index (χ2n) is 2.67. The summed E-state index contributed by atoms with van der Waals surface area (Å²) in [6.07, 6.45) is 0.614. The normalized spacial score (nSPS) is 15.4. The van der Waals surface area contributed by atoms with E-state index in [1.54, 1.807) is 5.38 Å². The third-order valence-electron chi connectivity index (χ3n) is 1.67. The Labute approximate surface area is 94.4 Å². The maximum atomic E-state index is 7.85. The first-order valence-corrected chi connectivity index (χ1v) is 5.07. The van der Waals surface area contributed by atoms with E-state index in [1.807, 2.05) is 0 Å². The summed E-state index contributed by atoms with van der Waals surface area (Å²) < 4.78 is 38.5. The molecule has 0 saturated carbocycles. The van der Waals surface area contributed by atoms with Crippen LogP contribution in [0.4, 0.5) is 0 Å². The standard InChI is InChI=1S/C11H12N2S/c12-7-6-11-13-10(8-14-11)9-4-2-1-3-5-9/h1-5,8H,6-7,12H2/i1D,2D,3D,4D,5D. The summed E-state index contributed by atoms with van der Waals surface area (Å²) in [6.45, 7) is 0.466. The summed E-state index contributed by atoms with van der Waals surface area (Å²) in [7, 11) is 0. The minimum atomic E-state index is -0.392. The smallest absolute Gasteiger partial charge is 0.0945 e. The molecule has 0 bridgehead atoms. The highest BCUT2D eigenvalue weighted by molar-refractivity contribution is 7.09. The zero-order chi connectivity index (χ0) is 14.2. The number of hydrogen-bond acceptors (Lipinski definition) is 3. The molecule has 1 heterocycles. The average Bonchev–Trinajstić information content (AvgIpc) is 2.83. The van der Waals surface area contributed by atoms with Gasteiger partial charge in [0.05, 0.1) is 17.6 Å². The molecule has 1 aromatic heterocycles. The maximum Gasteiger partial charge on any atom is 0.0945 e. The van der Waals surface area contributed by atoms with Gasteiger partial charge in [0, 0.05) is 17.4 Å². The highest BCUT2D eigenvalue weighted by Gasteiger charge is 2.02. The molecule has 0 saturated heterocycles. The van der Waals surface area contributed by atoms with Crippen LogP contribution in [0.3, 0.4) is 0 Å². The fourth-order valence-electron chi connectivity index (χ4n) is 1.04. The maximum absolute atomic E-state index is 7.85. The first-order chi connectivity index (χ1) is 8.97. The molecule has 0 aliphatic carbocycles. The molecule has 2 aromatic rings. The Hall–Kier alpha value is -1.19. The van der Waals surface area contributed by atoms with Gasteiger partial charge in [-0.05, 0) is 6.54 Å². The van der Waals surface area contributed by atoms with Crippen molar-refractivity contribution in [2.24, 2.45) is 5.73 Å². The fraction of sp³-hybridized carbons (Fsp3) is 0.182. The summed E-state index contributed by atoms with van der Waals surface area (Å²) in [5.41, 5.74) is 6.00. The van der Waals surface area contributed by atoms with Crippen molar-refractivity contribution >= 4 is 11.3 Å². The molecule has 3 heteroatoms. The molecule has 0 unspecified atom stereocenters. The van der Waals surface area contributed by atoms with Gasteiger partial charge in [0.1, 0.15) is 0 Å². The van der Waals surface area contributed by atoms with Gasteiger partial charge < -0.3 is 5.73 Å². The lowest BCUT2D eigenvalue weighted by Gasteiger charge is -1.94. The Balaban J connectivity index is 2.61. The van der Waals surface area contributed by atoms with Crippen LogP contribution in [0.2, 0.25) is 0 Å². The van der Waals surface area contributed by atoms with E-state index in [-0.39, 0.29) is 29.7 Å². The second kappa shape index (κ2) is 4.35. The summed E-state index contributed by atoms with van der Waals surface area (Å²) in [4.78, 5) is 4.27. The first-order valence-electron chi connectivity index (χ1n) is 6.69. The second-order valence-corrected chi connectivity index (χ2v) is 3.61. The number of aromatic nitrogens is 1. The minimum absolute atomic E-state index is 0.144. The quantitative estimate of drug-likeness (QED) is 0.842. The van der Waals surface area contributed by atoms with Crippen molar-refractivity contribution in [3.05, 3.63) is 40.6 Å². The van der Waals surface area contributed by atoms with Crippen LogP contribution in [0.5, 0.6) is 0 Å². The van der Waals surface area contributed by atoms with E-state index in [0.717, 1.165) is 5.01 Å². The van der Waals surface area contributed by atoms with Crippen LogP contribution < -0.4 is 5.73 Å². The van der Waals surface area contributed by atoms with Crippen molar-refractivity contribution in [2.75, 3.05) is 6.54 Å². The summed E-state index contributed by atoms with van der Waals surface area (Å²) in [5, 5.41) is 2.49. The third kappa shape index (κ3) is 2.00. The molecule has 1 aromatic carbocycles. The van der Waals surface area contributed by atoms with Gasteiger partial charge in [0.2, 0.25) is 0 Å². The zero-order valence-electron chi connectivity index (χ0n) is 12.4. The van der Waals surface area contributed by atoms with Crippen LogP contribution in [0.15, 0.2) is 35.6 Å². The SMILES string of the molecule is [2H]c1c([2H])c([2H])c(-c2csc(CCN)n2)c([2H])c1[2H]. The summed E-state index contributed by atoms with van der Waals surface area (Å²) in [6, 6.07) is -1.53. The van der Waals surface area contributed by atoms with Crippen molar-refractivity contribution < 1.29 is 6.85 Å². The molecule has 0 aliphatic rings. The molecule has 2 N–H and O–H groups in total. The Morgan fingerprint density at radius 1 is 1.36 bits per heavy atom. The molecule has 14 heavy (non-hydrogen) atoms. The van der Waals surface area contributed by atoms with Gasteiger partial charge in [-0.3, -0.25) is 0 Å². The molecule has 0 amide bonds. The van der Waals surface area contributed by atoms with E-state index >= 15 is 0 Å². The Morgan fingerprint density at radius 2 is 2.14 bits per heavy atom. The molecule has 2 rings (SSSR count). The van der Waals surface area contributed by atoms with E-state index in [0.29, 0.717) is 18.7 Å². The number of nitrogens with two attached hydrogens (primary N) is 1. The van der Waals surface area contributed by atoms with E-state index in [4.69, 9.17) is 12.6 Å². The van der Waals surface area contributed by atoms with Crippen LogP contribution in [0, 0.1) is 0 Å². The lowest BCUT2D eigenvalue weighted by molar-refractivity contribution is 0.954. The van der Waals surface area contributed by atoms with Gasteiger partial charge in [0.15, 0.2) is 0 Å². The van der Waals surface area contributed by atoms with Crippen molar-refractivity contribution in [2.45, 2.75) is 6.42 Å². The van der Waals surface area contributed by atoms with E-state index in [9.17, 15) is 0 Å². The predicted molar refractivity (Wildman–Crippen MR) is 60.3 cm³/mol. The summed E-state index contributed by atoms with van der Waals surface area (Å²) >= 11 is 1.38. The Morgan fingerprint density at radius 3 is 2.86 bits per heavy atom. The molecule has 72 valence electrons. The van der Waals surface area contributed by atoms with Gasteiger partial charge in [-0.2, -0.15) is 0 Å². The van der Waals surface area contributed by atoms with Crippen molar-refractivity contribution in [1.29, 1.82) is 0 Å². The number of hydrogen-bond donors (Lipinski definition) is 1. The number of thiazole rings is 1. The molecule has 0 aliphatic heterocycles. The molecule has 0 fully saturated rings. The number of nitrogens with zero attached hydrogens (tertiary/aromatic N) is 1. The minimum Gasteiger partial charge on any atom is -0.330 e. The van der Waals surface area contributed by atoms with Gasteiger partial charge in [-0.15, -0.1) is 11.3 Å². The Kier molecular flexibility index (Phi) is 1.57. The van der Waals surface area contributed by atoms with Gasteiger partial charge >= 0.3 is 0 Å². The lowest BCUT2D eigenvalue weighted by Crippen LogP contribution is -2.01. The molecular weight excluding hydrogens is 192 g/mol. The molecule has 0 radical (unpaired) electrons. The molecular formula is C11H12N2S. The van der Waals surface area contributed by atoms with Crippen molar-refractivity contribution in [3.8, 4) is 11.3 Å². The van der Waals surface area contributed by atoms with Gasteiger partial charge in [0.25, 0.3) is 0 Å². The van der Waals surface area contributed by atoms with Crippen molar-refractivity contribution in [3.63, 3.8) is 0 Å². The number of benzene rings is 1. The zero-order valence-corrected chi connectivity index (χ0v) is 8.24. The molecule has 0 atom stereocenters. The van der Waals surface area contributed by atoms with Crippen LogP contribution in [-0.2, 0) is 6.42 Å². The van der Waals surface area contributed by atoms with Crippen LogP contribution in [0.25, 0.3) is 11.3 Å². The van der Waals surface area contributed by atoms with E-state index in [2.05, 4.69) is 4.98 Å². The van der Waals surface area contributed by atoms with Crippen LogP contribution in [0.1, 0.15) is 11.9 Å². The largest absolute Gasteiger partial charge is 0.330 e. The van der Waals surface area contributed by atoms with Crippen LogP contribution in [-0.4, -0.2) is 11.5 Å². The predicted octanol–water partition coefficient (Wildman–Crippen LogP) is 2.31. The average molecular weight is 209 g/mol. The highest BCUT2D eigenvalue weighted by Crippen LogP contribution is 2.21. The molecule has 2 nitrogen and oxygen atoms in total. The van der Waals surface area contributed by atoms with E-state index < -0.39 is 6.04 Å². The lowest BCUT2D eigenvalue weighted by atomic mass is 10.2. The van der Waals surface area contributed by atoms with Crippen molar-refractivity contribution in [1.82, 2.24) is 4.98 Å². The van der Waals surface area contributed by atoms with Gasteiger partial charge in [-0.25, -0.2) is 4.98 Å².